The summed E-state index contributed by atoms with van der Waals surface area (Å²) in [6.45, 7) is 19.0. The molecule has 1 aromatic rings. The van der Waals surface area contributed by atoms with Gasteiger partial charge in [-0.3, -0.25) is 14.5 Å². The van der Waals surface area contributed by atoms with Gasteiger partial charge in [0.05, 0.1) is 11.1 Å². The highest BCUT2D eigenvalue weighted by molar-refractivity contribution is 6.21. The van der Waals surface area contributed by atoms with E-state index in [9.17, 15) is 14.4 Å². The van der Waals surface area contributed by atoms with Crippen molar-refractivity contribution < 1.29 is 19.1 Å². The number of ether oxygens (including phenoxy) is 1. The van der Waals surface area contributed by atoms with Crippen molar-refractivity contribution in [2.24, 2.45) is 46.3 Å². The highest BCUT2D eigenvalue weighted by atomic mass is 16.6. The van der Waals surface area contributed by atoms with Crippen LogP contribution in [0.1, 0.15) is 153 Å². The Morgan fingerprint density at radius 3 is 2.29 bits per heavy atom. The predicted molar refractivity (Wildman–Crippen MR) is 196 cm³/mol. The molecule has 4 unspecified atom stereocenters. The fourth-order valence-corrected chi connectivity index (χ4v) is 11.5. The van der Waals surface area contributed by atoms with E-state index in [1.54, 1.807) is 29.8 Å². The number of rotatable bonds is 10. The molecule has 4 aliphatic carbocycles. The molecule has 0 saturated heterocycles. The van der Waals surface area contributed by atoms with Crippen molar-refractivity contribution in [3.05, 3.63) is 47.0 Å². The molecule has 6 rings (SSSR count). The molecular formula is C43H64N2O4. The van der Waals surface area contributed by atoms with Crippen molar-refractivity contribution in [3.63, 3.8) is 0 Å². The Bertz CT molecular complexity index is 1410. The van der Waals surface area contributed by atoms with Gasteiger partial charge in [-0.15, -0.1) is 0 Å². The molecule has 6 heteroatoms. The maximum atomic E-state index is 13.7. The van der Waals surface area contributed by atoms with Gasteiger partial charge in [0.1, 0.15) is 5.60 Å². The lowest BCUT2D eigenvalue weighted by atomic mass is 9.46. The highest BCUT2D eigenvalue weighted by Gasteiger charge is 2.59. The molecule has 3 amide bonds. The number of hydrogen-bond acceptors (Lipinski definition) is 4. The van der Waals surface area contributed by atoms with Gasteiger partial charge in [-0.2, -0.15) is 0 Å². The van der Waals surface area contributed by atoms with E-state index in [1.165, 1.54) is 56.3 Å². The van der Waals surface area contributed by atoms with Crippen molar-refractivity contribution in [1.29, 1.82) is 0 Å². The largest absolute Gasteiger partial charge is 0.444 e. The highest BCUT2D eigenvalue weighted by Crippen LogP contribution is 2.67. The quantitative estimate of drug-likeness (QED) is 0.183. The lowest BCUT2D eigenvalue weighted by molar-refractivity contribution is -0.0556. The number of carbonyl (C=O) groups is 3. The first-order chi connectivity index (χ1) is 23.1. The molecular weight excluding hydrogens is 608 g/mol. The standard InChI is InChI=1S/C43H64N2O4/c1-28(2)13-11-14-29(3)35-19-20-36-34-18-17-30-27-31(21-23-42(30,7)37(34)22-24-43(35,36)8)44(40(48)49-41(4,5)6)25-12-26-45-38(46)32-15-9-10-16-33(32)39(45)47/h9-10,15-17,28-29,31,34-37H,11-14,18-27H2,1-8H3/t29-,31?,34?,35-,36?,37?,42+,43-/m1/s1. The van der Waals surface area contributed by atoms with E-state index in [4.69, 9.17) is 4.74 Å². The van der Waals surface area contributed by atoms with Crippen molar-refractivity contribution in [1.82, 2.24) is 9.80 Å². The number of amides is 3. The summed E-state index contributed by atoms with van der Waals surface area (Å²) in [5, 5.41) is 0. The van der Waals surface area contributed by atoms with Crippen LogP contribution in [0.5, 0.6) is 0 Å². The third-order valence-corrected chi connectivity index (χ3v) is 14.0. The van der Waals surface area contributed by atoms with Gasteiger partial charge in [0.25, 0.3) is 11.8 Å². The molecule has 1 heterocycles. The lowest BCUT2D eigenvalue weighted by Gasteiger charge is -2.59. The molecule has 3 fully saturated rings. The average molecular weight is 673 g/mol. The molecule has 0 N–H and O–H groups in total. The molecule has 0 spiro atoms. The zero-order valence-electron chi connectivity index (χ0n) is 31.9. The molecule has 1 aliphatic heterocycles. The first-order valence-corrected chi connectivity index (χ1v) is 19.8. The van der Waals surface area contributed by atoms with Crippen LogP contribution in [0.3, 0.4) is 0 Å². The topological polar surface area (TPSA) is 66.9 Å². The average Bonchev–Trinajstić information content (AvgIpc) is 3.51. The van der Waals surface area contributed by atoms with Gasteiger partial charge in [-0.05, 0) is 137 Å². The second kappa shape index (κ2) is 13.8. The predicted octanol–water partition coefficient (Wildman–Crippen LogP) is 10.3. The monoisotopic (exact) mass is 672 g/mol. The van der Waals surface area contributed by atoms with Crippen LogP contribution < -0.4 is 0 Å². The Balaban J connectivity index is 1.14. The molecule has 8 atom stereocenters. The number of fused-ring (bicyclic) bond motifs is 6. The number of benzene rings is 1. The molecule has 0 radical (unpaired) electrons. The Kier molecular flexibility index (Phi) is 10.2. The summed E-state index contributed by atoms with van der Waals surface area (Å²) in [5.74, 6) is 4.34. The van der Waals surface area contributed by atoms with Gasteiger partial charge in [0.2, 0.25) is 0 Å². The van der Waals surface area contributed by atoms with Gasteiger partial charge in [0.15, 0.2) is 0 Å². The number of imide groups is 1. The third-order valence-electron chi connectivity index (χ3n) is 14.0. The van der Waals surface area contributed by atoms with E-state index in [0.29, 0.717) is 36.1 Å². The van der Waals surface area contributed by atoms with Gasteiger partial charge >= 0.3 is 6.09 Å². The summed E-state index contributed by atoms with van der Waals surface area (Å²) in [5.41, 5.74) is 2.57. The maximum absolute atomic E-state index is 13.7. The van der Waals surface area contributed by atoms with Crippen LogP contribution in [0.15, 0.2) is 35.9 Å². The van der Waals surface area contributed by atoms with Crippen LogP contribution in [0.2, 0.25) is 0 Å². The first-order valence-electron chi connectivity index (χ1n) is 19.8. The van der Waals surface area contributed by atoms with Crippen molar-refractivity contribution in [2.45, 2.75) is 144 Å². The molecule has 5 aliphatic rings. The van der Waals surface area contributed by atoms with E-state index in [-0.39, 0.29) is 29.4 Å². The van der Waals surface area contributed by atoms with Crippen LogP contribution in [-0.2, 0) is 4.74 Å². The van der Waals surface area contributed by atoms with Crippen LogP contribution >= 0.6 is 0 Å². The molecule has 0 aromatic heterocycles. The van der Waals surface area contributed by atoms with Crippen molar-refractivity contribution in [3.8, 4) is 0 Å². The molecule has 49 heavy (non-hydrogen) atoms. The third kappa shape index (κ3) is 6.88. The SMILES string of the molecule is CC(C)CCC[C@@H](C)[C@H]1CCC2C3CC=C4CC(N(CCCN5C(=O)c6ccccc6C5=O)C(=O)OC(C)(C)C)CC[C@]4(C)C3CC[C@@]21C. The van der Waals surface area contributed by atoms with Crippen LogP contribution in [0.25, 0.3) is 0 Å². The summed E-state index contributed by atoms with van der Waals surface area (Å²) >= 11 is 0. The van der Waals surface area contributed by atoms with E-state index < -0.39 is 5.60 Å². The van der Waals surface area contributed by atoms with Gasteiger partial charge in [0, 0.05) is 19.1 Å². The van der Waals surface area contributed by atoms with E-state index in [2.05, 4.69) is 40.7 Å². The minimum Gasteiger partial charge on any atom is -0.444 e. The number of hydrogen-bond donors (Lipinski definition) is 0. The Morgan fingerprint density at radius 1 is 0.939 bits per heavy atom. The molecule has 270 valence electrons. The lowest BCUT2D eigenvalue weighted by Crippen LogP contribution is -2.53. The molecule has 0 bridgehead atoms. The van der Waals surface area contributed by atoms with Gasteiger partial charge in [-0.1, -0.05) is 77.7 Å². The second-order valence-corrected chi connectivity index (χ2v) is 18.5. The summed E-state index contributed by atoms with van der Waals surface area (Å²) in [6, 6.07) is 7.09. The number of allylic oxidation sites excluding steroid dienone is 1. The van der Waals surface area contributed by atoms with Crippen molar-refractivity contribution in [2.75, 3.05) is 13.1 Å². The minimum absolute atomic E-state index is 0.0595. The van der Waals surface area contributed by atoms with Crippen LogP contribution in [0, 0.1) is 46.3 Å². The van der Waals surface area contributed by atoms with Crippen LogP contribution in [0.4, 0.5) is 4.79 Å². The zero-order chi connectivity index (χ0) is 35.3. The Labute approximate surface area is 296 Å². The first kappa shape index (κ1) is 36.2. The Hall–Kier alpha value is -2.63. The summed E-state index contributed by atoms with van der Waals surface area (Å²) < 4.78 is 5.96. The van der Waals surface area contributed by atoms with E-state index in [1.807, 2.05) is 25.7 Å². The number of carbonyl (C=O) groups excluding carboxylic acids is 3. The summed E-state index contributed by atoms with van der Waals surface area (Å²) in [7, 11) is 0. The normalized spacial score (nSPS) is 33.0. The summed E-state index contributed by atoms with van der Waals surface area (Å²) in [4.78, 5) is 43.0. The second-order valence-electron chi connectivity index (χ2n) is 18.5. The van der Waals surface area contributed by atoms with Gasteiger partial charge < -0.3 is 9.64 Å². The van der Waals surface area contributed by atoms with Gasteiger partial charge in [-0.25, -0.2) is 4.79 Å². The number of nitrogens with zero attached hydrogens (tertiary/aromatic N) is 2. The van der Waals surface area contributed by atoms with Crippen LogP contribution in [-0.4, -0.2) is 52.4 Å². The smallest absolute Gasteiger partial charge is 0.410 e. The molecule has 3 saturated carbocycles. The van der Waals surface area contributed by atoms with Crippen molar-refractivity contribution >= 4 is 17.9 Å². The van der Waals surface area contributed by atoms with E-state index in [0.717, 1.165) is 54.8 Å². The molecule has 6 nitrogen and oxygen atoms in total. The maximum Gasteiger partial charge on any atom is 0.410 e. The molecule has 1 aromatic carbocycles. The zero-order valence-corrected chi connectivity index (χ0v) is 31.9. The Morgan fingerprint density at radius 2 is 1.63 bits per heavy atom. The fraction of sp³-hybridized carbons (Fsp3) is 0.744. The van der Waals surface area contributed by atoms with E-state index >= 15 is 0 Å². The summed E-state index contributed by atoms with van der Waals surface area (Å²) in [6.07, 6.45) is 16.6. The fourth-order valence-electron chi connectivity index (χ4n) is 11.5. The minimum atomic E-state index is -0.599.